The number of piperidine rings is 1. The van der Waals surface area contributed by atoms with Gasteiger partial charge in [-0.25, -0.2) is 8.42 Å². The van der Waals surface area contributed by atoms with Crippen molar-refractivity contribution in [3.05, 3.63) is 53.6 Å². The first kappa shape index (κ1) is 22.8. The number of nitrogens with one attached hydrogen (secondary N) is 1. The molecule has 1 amide bonds. The van der Waals surface area contributed by atoms with Crippen LogP contribution in [0.4, 0.5) is 11.4 Å². The van der Waals surface area contributed by atoms with Crippen molar-refractivity contribution >= 4 is 27.3 Å². The quantitative estimate of drug-likeness (QED) is 0.718. The summed E-state index contributed by atoms with van der Waals surface area (Å²) in [5.41, 5.74) is 3.01. The van der Waals surface area contributed by atoms with E-state index in [0.717, 1.165) is 43.6 Å². The lowest BCUT2D eigenvalue weighted by Gasteiger charge is -2.31. The minimum Gasteiger partial charge on any atom is -0.379 e. The summed E-state index contributed by atoms with van der Waals surface area (Å²) in [4.78, 5) is 15.7. The van der Waals surface area contributed by atoms with Crippen LogP contribution in [0.2, 0.25) is 0 Å². The molecule has 4 rings (SSSR count). The number of hydrogen-bond donors (Lipinski definition) is 1. The summed E-state index contributed by atoms with van der Waals surface area (Å²) in [7, 11) is -3.69. The summed E-state index contributed by atoms with van der Waals surface area (Å²) in [6.07, 6.45) is 4.17. The standard InChI is InChI=1S/C24H31N3O4S/c1-2-19-7-6-8-20(17-19)25-24(28)22-18-21(32(29,30)27-13-15-31-16-14-27)9-10-23(22)26-11-4-3-5-12-26/h6-10,17-18H,2-5,11-16H2,1H3,(H,25,28). The molecule has 0 bridgehead atoms. The van der Waals surface area contributed by atoms with E-state index in [-0.39, 0.29) is 10.8 Å². The maximum atomic E-state index is 13.4. The third-order valence-electron chi connectivity index (χ3n) is 6.11. The lowest BCUT2D eigenvalue weighted by atomic mass is 10.1. The van der Waals surface area contributed by atoms with Crippen LogP contribution in [-0.4, -0.2) is 58.0 Å². The molecule has 0 aromatic heterocycles. The van der Waals surface area contributed by atoms with Crippen LogP contribution in [0.5, 0.6) is 0 Å². The van der Waals surface area contributed by atoms with Crippen molar-refractivity contribution in [3.8, 4) is 0 Å². The Morgan fingerprint density at radius 3 is 2.47 bits per heavy atom. The fourth-order valence-corrected chi connectivity index (χ4v) is 5.71. The monoisotopic (exact) mass is 457 g/mol. The second kappa shape index (κ2) is 10.0. The molecular weight excluding hydrogens is 426 g/mol. The van der Waals surface area contributed by atoms with Crippen LogP contribution in [0.15, 0.2) is 47.4 Å². The van der Waals surface area contributed by atoms with Gasteiger partial charge < -0.3 is 15.0 Å². The number of nitrogens with zero attached hydrogens (tertiary/aromatic N) is 2. The molecule has 2 aromatic carbocycles. The van der Waals surface area contributed by atoms with Crippen molar-refractivity contribution in [2.75, 3.05) is 49.6 Å². The molecule has 0 radical (unpaired) electrons. The fourth-order valence-electron chi connectivity index (χ4n) is 4.27. The number of benzene rings is 2. The summed E-state index contributed by atoms with van der Waals surface area (Å²) in [6, 6.07) is 12.7. The molecule has 2 fully saturated rings. The molecule has 2 heterocycles. The van der Waals surface area contributed by atoms with E-state index in [9.17, 15) is 13.2 Å². The predicted octanol–water partition coefficient (Wildman–Crippen LogP) is 3.51. The number of morpholine rings is 1. The maximum Gasteiger partial charge on any atom is 0.257 e. The van der Waals surface area contributed by atoms with E-state index < -0.39 is 10.0 Å². The van der Waals surface area contributed by atoms with Crippen molar-refractivity contribution in [2.24, 2.45) is 0 Å². The highest BCUT2D eigenvalue weighted by molar-refractivity contribution is 7.89. The number of sulfonamides is 1. The minimum absolute atomic E-state index is 0.146. The molecule has 2 aliphatic heterocycles. The molecule has 2 aromatic rings. The minimum atomic E-state index is -3.69. The van der Waals surface area contributed by atoms with Gasteiger partial charge in [-0.3, -0.25) is 4.79 Å². The molecule has 0 atom stereocenters. The van der Waals surface area contributed by atoms with E-state index in [1.807, 2.05) is 24.3 Å². The van der Waals surface area contributed by atoms with Crippen LogP contribution < -0.4 is 10.2 Å². The zero-order chi connectivity index (χ0) is 22.6. The zero-order valence-corrected chi connectivity index (χ0v) is 19.4. The van der Waals surface area contributed by atoms with Crippen LogP contribution in [-0.2, 0) is 21.2 Å². The van der Waals surface area contributed by atoms with Crippen LogP contribution in [0.1, 0.15) is 42.1 Å². The first-order valence-corrected chi connectivity index (χ1v) is 12.8. The lowest BCUT2D eigenvalue weighted by Crippen LogP contribution is -2.40. The molecule has 0 unspecified atom stereocenters. The Bertz CT molecular complexity index is 1060. The van der Waals surface area contributed by atoms with E-state index in [2.05, 4.69) is 17.1 Å². The van der Waals surface area contributed by atoms with Gasteiger partial charge in [0.2, 0.25) is 10.0 Å². The van der Waals surface area contributed by atoms with Crippen molar-refractivity contribution in [1.82, 2.24) is 4.31 Å². The summed E-state index contributed by atoms with van der Waals surface area (Å²) in [5.74, 6) is -0.294. The molecule has 2 saturated heterocycles. The van der Waals surface area contributed by atoms with Crippen LogP contribution in [0.3, 0.4) is 0 Å². The molecule has 172 valence electrons. The average Bonchev–Trinajstić information content (AvgIpc) is 2.85. The molecule has 7 nitrogen and oxygen atoms in total. The van der Waals surface area contributed by atoms with E-state index in [1.165, 1.54) is 16.8 Å². The second-order valence-corrected chi connectivity index (χ2v) is 10.2. The number of carbonyl (C=O) groups excluding carboxylic acids is 1. The number of aryl methyl sites for hydroxylation is 1. The normalized spacial score (nSPS) is 17.8. The van der Waals surface area contributed by atoms with Gasteiger partial charge in [-0.1, -0.05) is 19.1 Å². The number of anilines is 2. The maximum absolute atomic E-state index is 13.4. The fraction of sp³-hybridized carbons (Fsp3) is 0.458. The third kappa shape index (κ3) is 4.98. The Hall–Kier alpha value is -2.42. The summed E-state index contributed by atoms with van der Waals surface area (Å²) in [5, 5.41) is 2.98. The van der Waals surface area contributed by atoms with Gasteiger partial charge in [0.1, 0.15) is 0 Å². The highest BCUT2D eigenvalue weighted by atomic mass is 32.2. The van der Waals surface area contributed by atoms with Gasteiger partial charge in [0, 0.05) is 37.6 Å². The van der Waals surface area contributed by atoms with E-state index in [1.54, 1.807) is 12.1 Å². The van der Waals surface area contributed by atoms with E-state index >= 15 is 0 Å². The Kier molecular flexibility index (Phi) is 7.13. The number of amides is 1. The first-order chi connectivity index (χ1) is 15.5. The molecule has 32 heavy (non-hydrogen) atoms. The highest BCUT2D eigenvalue weighted by Crippen LogP contribution is 2.29. The van der Waals surface area contributed by atoms with E-state index in [4.69, 9.17) is 4.74 Å². The number of ether oxygens (including phenoxy) is 1. The Morgan fingerprint density at radius 1 is 1.00 bits per heavy atom. The molecule has 2 aliphatic rings. The lowest BCUT2D eigenvalue weighted by molar-refractivity contribution is 0.0730. The molecule has 0 saturated carbocycles. The van der Waals surface area contributed by atoms with Crippen molar-refractivity contribution in [1.29, 1.82) is 0 Å². The Morgan fingerprint density at radius 2 is 1.75 bits per heavy atom. The zero-order valence-electron chi connectivity index (χ0n) is 18.5. The van der Waals surface area contributed by atoms with Crippen molar-refractivity contribution in [3.63, 3.8) is 0 Å². The van der Waals surface area contributed by atoms with Crippen LogP contribution in [0, 0.1) is 0 Å². The van der Waals surface area contributed by atoms with Gasteiger partial charge in [0.25, 0.3) is 5.91 Å². The van der Waals surface area contributed by atoms with Gasteiger partial charge in [-0.05, 0) is 61.6 Å². The molecule has 0 spiro atoms. The van der Waals surface area contributed by atoms with Gasteiger partial charge >= 0.3 is 0 Å². The Labute approximate surface area is 190 Å². The molecule has 8 heteroatoms. The largest absolute Gasteiger partial charge is 0.379 e. The third-order valence-corrected chi connectivity index (χ3v) is 8.00. The van der Waals surface area contributed by atoms with Crippen molar-refractivity contribution < 1.29 is 17.9 Å². The summed E-state index contributed by atoms with van der Waals surface area (Å²) >= 11 is 0. The average molecular weight is 458 g/mol. The number of hydrogen-bond acceptors (Lipinski definition) is 5. The molecular formula is C24H31N3O4S. The van der Waals surface area contributed by atoms with Crippen molar-refractivity contribution in [2.45, 2.75) is 37.5 Å². The van der Waals surface area contributed by atoms with Gasteiger partial charge in [0.15, 0.2) is 0 Å². The predicted molar refractivity (Wildman–Crippen MR) is 126 cm³/mol. The van der Waals surface area contributed by atoms with Crippen LogP contribution in [0.25, 0.3) is 0 Å². The molecule has 0 aliphatic carbocycles. The number of rotatable bonds is 6. The second-order valence-electron chi connectivity index (χ2n) is 8.25. The summed E-state index contributed by atoms with van der Waals surface area (Å²) < 4.78 is 33.2. The highest BCUT2D eigenvalue weighted by Gasteiger charge is 2.29. The van der Waals surface area contributed by atoms with E-state index in [0.29, 0.717) is 37.6 Å². The number of carbonyl (C=O) groups is 1. The van der Waals surface area contributed by atoms with Gasteiger partial charge in [-0.15, -0.1) is 0 Å². The Balaban J connectivity index is 1.69. The summed E-state index contributed by atoms with van der Waals surface area (Å²) in [6.45, 7) is 5.19. The van der Waals surface area contributed by atoms with Gasteiger partial charge in [0.05, 0.1) is 23.7 Å². The smallest absolute Gasteiger partial charge is 0.257 e. The van der Waals surface area contributed by atoms with Crippen LogP contribution >= 0.6 is 0 Å². The SMILES string of the molecule is CCc1cccc(NC(=O)c2cc(S(=O)(=O)N3CCOCC3)ccc2N2CCCCC2)c1. The topological polar surface area (TPSA) is 79.0 Å². The first-order valence-electron chi connectivity index (χ1n) is 11.4. The van der Waals surface area contributed by atoms with Gasteiger partial charge in [-0.2, -0.15) is 4.31 Å². The molecule has 1 N–H and O–H groups in total.